The van der Waals surface area contributed by atoms with Crippen LogP contribution < -0.4 is 0 Å². The lowest BCUT2D eigenvalue weighted by Crippen LogP contribution is -1.97. The second-order valence-corrected chi connectivity index (χ2v) is 4.53. The zero-order valence-electron chi connectivity index (χ0n) is 7.69. The fraction of sp³-hybridized carbons (Fsp3) is 0.455. The second kappa shape index (κ2) is 4.08. The largest absolute Gasteiger partial charge is 0.205 e. The highest BCUT2D eigenvalue weighted by atomic mass is 35.5. The van der Waals surface area contributed by atoms with Crippen molar-refractivity contribution in [3.8, 4) is 0 Å². The first-order valence-electron chi connectivity index (χ1n) is 4.83. The Morgan fingerprint density at radius 1 is 1.14 bits per heavy atom. The summed E-state index contributed by atoms with van der Waals surface area (Å²) in [6, 6.07) is 3.44. The van der Waals surface area contributed by atoms with E-state index >= 15 is 0 Å². The van der Waals surface area contributed by atoms with Crippen molar-refractivity contribution in [3.63, 3.8) is 0 Å². The molecule has 1 aliphatic rings. The van der Waals surface area contributed by atoms with Gasteiger partial charge in [0.1, 0.15) is 5.82 Å². The van der Waals surface area contributed by atoms with Gasteiger partial charge in [0.05, 0.1) is 10.0 Å². The van der Waals surface area contributed by atoms with Gasteiger partial charge in [-0.15, -0.1) is 0 Å². The summed E-state index contributed by atoms with van der Waals surface area (Å²) in [6.45, 7) is 0. The molecule has 1 aromatic carbocycles. The van der Waals surface area contributed by atoms with Crippen molar-refractivity contribution in [2.24, 2.45) is 0 Å². The van der Waals surface area contributed by atoms with E-state index in [1.165, 1.54) is 12.8 Å². The topological polar surface area (TPSA) is 0 Å². The predicted molar refractivity (Wildman–Crippen MR) is 57.6 cm³/mol. The van der Waals surface area contributed by atoms with Gasteiger partial charge in [-0.05, 0) is 30.4 Å². The molecule has 2 rings (SSSR count). The molecule has 0 amide bonds. The maximum Gasteiger partial charge on any atom is 0.146 e. The van der Waals surface area contributed by atoms with Gasteiger partial charge in [0.25, 0.3) is 0 Å². The normalized spacial score (nSPS) is 17.6. The summed E-state index contributed by atoms with van der Waals surface area (Å²) in [6.07, 6.45) is 4.50. The third kappa shape index (κ3) is 1.76. The van der Waals surface area contributed by atoms with Gasteiger partial charge < -0.3 is 0 Å². The van der Waals surface area contributed by atoms with Crippen molar-refractivity contribution in [1.82, 2.24) is 0 Å². The molecule has 1 saturated carbocycles. The minimum atomic E-state index is -0.328. The molecule has 0 spiro atoms. The van der Waals surface area contributed by atoms with E-state index in [0.29, 0.717) is 10.9 Å². The van der Waals surface area contributed by atoms with Crippen LogP contribution in [-0.2, 0) is 0 Å². The van der Waals surface area contributed by atoms with Crippen LogP contribution in [0.25, 0.3) is 0 Å². The van der Waals surface area contributed by atoms with Crippen molar-refractivity contribution in [2.75, 3.05) is 0 Å². The second-order valence-electron chi connectivity index (χ2n) is 3.75. The molecule has 0 radical (unpaired) electrons. The summed E-state index contributed by atoms with van der Waals surface area (Å²) in [5.41, 5.74) is 0.733. The van der Waals surface area contributed by atoms with Gasteiger partial charge in [0.2, 0.25) is 0 Å². The lowest BCUT2D eigenvalue weighted by atomic mass is 9.97. The van der Waals surface area contributed by atoms with Crippen LogP contribution in [-0.4, -0.2) is 0 Å². The van der Waals surface area contributed by atoms with Gasteiger partial charge in [-0.1, -0.05) is 42.1 Å². The third-order valence-electron chi connectivity index (χ3n) is 2.86. The molecule has 0 aromatic heterocycles. The summed E-state index contributed by atoms with van der Waals surface area (Å²) in [7, 11) is 0. The zero-order valence-corrected chi connectivity index (χ0v) is 9.21. The predicted octanol–water partition coefficient (Wildman–Crippen LogP) is 4.79. The first-order valence-corrected chi connectivity index (χ1v) is 5.59. The molecule has 76 valence electrons. The molecule has 14 heavy (non-hydrogen) atoms. The van der Waals surface area contributed by atoms with Gasteiger partial charge in [-0.25, -0.2) is 4.39 Å². The Kier molecular flexibility index (Phi) is 2.99. The van der Waals surface area contributed by atoms with E-state index in [-0.39, 0.29) is 10.8 Å². The Morgan fingerprint density at radius 3 is 2.43 bits per heavy atom. The molecular formula is C11H11Cl2F. The average Bonchev–Trinajstić information content (AvgIpc) is 2.67. The summed E-state index contributed by atoms with van der Waals surface area (Å²) < 4.78 is 13.7. The Balaban J connectivity index is 2.38. The van der Waals surface area contributed by atoms with E-state index < -0.39 is 0 Å². The van der Waals surface area contributed by atoms with Crippen molar-refractivity contribution >= 4 is 23.2 Å². The monoisotopic (exact) mass is 232 g/mol. The van der Waals surface area contributed by atoms with E-state index in [1.54, 1.807) is 12.1 Å². The summed E-state index contributed by atoms with van der Waals surface area (Å²) in [5, 5.41) is 0.363. The minimum Gasteiger partial charge on any atom is -0.205 e. The van der Waals surface area contributed by atoms with Crippen molar-refractivity contribution in [1.29, 1.82) is 0 Å². The molecule has 1 fully saturated rings. The molecule has 0 unspecified atom stereocenters. The number of hydrogen-bond donors (Lipinski definition) is 0. The molecule has 0 bridgehead atoms. The van der Waals surface area contributed by atoms with Gasteiger partial charge >= 0.3 is 0 Å². The van der Waals surface area contributed by atoms with Crippen molar-refractivity contribution in [2.45, 2.75) is 31.6 Å². The molecule has 0 nitrogen and oxygen atoms in total. The van der Waals surface area contributed by atoms with Crippen molar-refractivity contribution < 1.29 is 4.39 Å². The Morgan fingerprint density at radius 2 is 1.79 bits per heavy atom. The standard InChI is InChI=1S/C11H11Cl2F/c12-9-6-5-8(11(14)10(9)13)7-3-1-2-4-7/h5-7H,1-4H2. The Bertz CT molecular complexity index is 343. The molecule has 1 aromatic rings. The van der Waals surface area contributed by atoms with Gasteiger partial charge in [-0.3, -0.25) is 0 Å². The van der Waals surface area contributed by atoms with Crippen LogP contribution in [0.1, 0.15) is 37.2 Å². The summed E-state index contributed by atoms with van der Waals surface area (Å²) >= 11 is 11.5. The molecule has 3 heteroatoms. The quantitative estimate of drug-likeness (QED) is 0.611. The first kappa shape index (κ1) is 10.3. The Hall–Kier alpha value is -0.270. The molecule has 0 heterocycles. The smallest absolute Gasteiger partial charge is 0.146 e. The Labute approximate surface area is 93.0 Å². The van der Waals surface area contributed by atoms with E-state index in [4.69, 9.17) is 23.2 Å². The molecule has 0 aliphatic heterocycles. The highest BCUT2D eigenvalue weighted by Gasteiger charge is 2.22. The maximum absolute atomic E-state index is 13.7. The highest BCUT2D eigenvalue weighted by Crippen LogP contribution is 2.38. The lowest BCUT2D eigenvalue weighted by Gasteiger charge is -2.11. The van der Waals surface area contributed by atoms with Crippen LogP contribution >= 0.6 is 23.2 Å². The minimum absolute atomic E-state index is 0.0658. The number of hydrogen-bond acceptors (Lipinski definition) is 0. The van der Waals surface area contributed by atoms with Crippen LogP contribution in [0.2, 0.25) is 10.0 Å². The summed E-state index contributed by atoms with van der Waals surface area (Å²) in [5.74, 6) is 0.0100. The summed E-state index contributed by atoms with van der Waals surface area (Å²) in [4.78, 5) is 0. The number of rotatable bonds is 1. The molecule has 0 atom stereocenters. The number of benzene rings is 1. The average molecular weight is 233 g/mol. The van der Waals surface area contributed by atoms with Crippen LogP contribution in [0.3, 0.4) is 0 Å². The van der Waals surface area contributed by atoms with Crippen LogP contribution in [0, 0.1) is 5.82 Å². The fourth-order valence-electron chi connectivity index (χ4n) is 2.09. The number of halogens is 3. The van der Waals surface area contributed by atoms with Crippen LogP contribution in [0.4, 0.5) is 4.39 Å². The zero-order chi connectivity index (χ0) is 10.1. The van der Waals surface area contributed by atoms with E-state index in [9.17, 15) is 4.39 Å². The maximum atomic E-state index is 13.7. The van der Waals surface area contributed by atoms with Gasteiger partial charge in [0, 0.05) is 0 Å². The fourth-order valence-corrected chi connectivity index (χ4v) is 2.41. The highest BCUT2D eigenvalue weighted by molar-refractivity contribution is 6.42. The van der Waals surface area contributed by atoms with Crippen LogP contribution in [0.5, 0.6) is 0 Å². The van der Waals surface area contributed by atoms with Crippen LogP contribution in [0.15, 0.2) is 12.1 Å². The SMILES string of the molecule is Fc1c(C2CCCC2)ccc(Cl)c1Cl. The molecular weight excluding hydrogens is 222 g/mol. The third-order valence-corrected chi connectivity index (χ3v) is 3.64. The van der Waals surface area contributed by atoms with Gasteiger partial charge in [-0.2, -0.15) is 0 Å². The van der Waals surface area contributed by atoms with E-state index in [2.05, 4.69) is 0 Å². The van der Waals surface area contributed by atoms with Crippen molar-refractivity contribution in [3.05, 3.63) is 33.6 Å². The first-order chi connectivity index (χ1) is 6.70. The van der Waals surface area contributed by atoms with Gasteiger partial charge in [0.15, 0.2) is 0 Å². The van der Waals surface area contributed by atoms with E-state index in [0.717, 1.165) is 18.4 Å². The lowest BCUT2D eigenvalue weighted by molar-refractivity contribution is 0.581. The molecule has 0 saturated heterocycles. The van der Waals surface area contributed by atoms with E-state index in [1.807, 2.05) is 0 Å². The molecule has 1 aliphatic carbocycles. The molecule has 0 N–H and O–H groups in total.